The van der Waals surface area contributed by atoms with Crippen LogP contribution in [0.5, 0.6) is 0 Å². The zero-order valence-electron chi connectivity index (χ0n) is 8.52. The molecule has 0 saturated carbocycles. The Morgan fingerprint density at radius 1 is 1.40 bits per heavy atom. The fraction of sp³-hybridized carbons (Fsp3) is 0.417. The molecule has 15 heavy (non-hydrogen) atoms. The highest BCUT2D eigenvalue weighted by molar-refractivity contribution is 7.99. The van der Waals surface area contributed by atoms with Crippen LogP contribution in [0.4, 0.5) is 0 Å². The van der Waals surface area contributed by atoms with Crippen molar-refractivity contribution >= 4 is 18.0 Å². The zero-order valence-corrected chi connectivity index (χ0v) is 9.33. The number of hydrogen-bond acceptors (Lipinski definition) is 3. The summed E-state index contributed by atoms with van der Waals surface area (Å²) in [6.45, 7) is 0.528. The second-order valence-corrected chi connectivity index (χ2v) is 4.86. The quantitative estimate of drug-likeness (QED) is 0.731. The number of hydrogen-bond donors (Lipinski definition) is 0. The highest BCUT2D eigenvalue weighted by Crippen LogP contribution is 2.30. The fourth-order valence-corrected chi connectivity index (χ4v) is 2.88. The van der Waals surface area contributed by atoms with Gasteiger partial charge in [0.25, 0.3) is 0 Å². The third-order valence-electron chi connectivity index (χ3n) is 2.60. The summed E-state index contributed by atoms with van der Waals surface area (Å²) in [5, 5.41) is 0. The Morgan fingerprint density at radius 3 is 2.80 bits per heavy atom. The number of thioether (sulfide) groups is 1. The molecule has 2 rings (SSSR count). The summed E-state index contributed by atoms with van der Waals surface area (Å²) >= 11 is 1.78. The van der Waals surface area contributed by atoms with Gasteiger partial charge in [-0.25, -0.2) is 0 Å². The Morgan fingerprint density at radius 2 is 2.20 bits per heavy atom. The number of rotatable bonds is 4. The normalized spacial score (nSPS) is 25.3. The molecular formula is C12H14O2S. The van der Waals surface area contributed by atoms with Crippen LogP contribution in [0.2, 0.25) is 0 Å². The van der Waals surface area contributed by atoms with E-state index in [1.807, 2.05) is 30.3 Å². The number of benzene rings is 1. The molecule has 0 aliphatic carbocycles. The third-order valence-corrected chi connectivity index (χ3v) is 3.79. The van der Waals surface area contributed by atoms with Crippen LogP contribution < -0.4 is 0 Å². The van der Waals surface area contributed by atoms with E-state index in [0.717, 1.165) is 29.8 Å². The maximum absolute atomic E-state index is 11.0. The van der Waals surface area contributed by atoms with Crippen molar-refractivity contribution in [3.05, 3.63) is 35.9 Å². The SMILES string of the molecule is O=CC1(OCc2ccccc2)CCSC1. The highest BCUT2D eigenvalue weighted by atomic mass is 32.2. The fourth-order valence-electron chi connectivity index (χ4n) is 1.60. The van der Waals surface area contributed by atoms with Crippen molar-refractivity contribution in [1.82, 2.24) is 0 Å². The Labute approximate surface area is 94.0 Å². The van der Waals surface area contributed by atoms with Crippen LogP contribution in [-0.2, 0) is 16.1 Å². The molecule has 0 amide bonds. The first-order valence-electron chi connectivity index (χ1n) is 5.07. The second-order valence-electron chi connectivity index (χ2n) is 3.76. The summed E-state index contributed by atoms with van der Waals surface area (Å²) < 4.78 is 5.74. The number of aldehydes is 1. The van der Waals surface area contributed by atoms with E-state index in [4.69, 9.17) is 4.74 Å². The molecule has 1 aromatic rings. The van der Waals surface area contributed by atoms with Crippen LogP contribution in [0.3, 0.4) is 0 Å². The molecule has 1 heterocycles. The van der Waals surface area contributed by atoms with E-state index in [1.165, 1.54) is 0 Å². The molecule has 0 spiro atoms. The summed E-state index contributed by atoms with van der Waals surface area (Å²) in [6, 6.07) is 9.97. The minimum atomic E-state index is -0.527. The van der Waals surface area contributed by atoms with Gasteiger partial charge in [-0.3, -0.25) is 0 Å². The third kappa shape index (κ3) is 2.61. The standard InChI is InChI=1S/C12H14O2S/c13-9-12(6-7-15-10-12)14-8-11-4-2-1-3-5-11/h1-5,9H,6-8,10H2. The predicted molar refractivity (Wildman–Crippen MR) is 62.0 cm³/mol. The van der Waals surface area contributed by atoms with E-state index in [0.29, 0.717) is 6.61 Å². The number of carbonyl (C=O) groups excluding carboxylic acids is 1. The number of ether oxygens (including phenoxy) is 1. The molecule has 1 fully saturated rings. The van der Waals surface area contributed by atoms with Crippen molar-refractivity contribution in [2.24, 2.45) is 0 Å². The van der Waals surface area contributed by atoms with E-state index in [1.54, 1.807) is 11.8 Å². The van der Waals surface area contributed by atoms with Gasteiger partial charge in [-0.15, -0.1) is 0 Å². The first-order chi connectivity index (χ1) is 7.35. The second kappa shape index (κ2) is 4.81. The van der Waals surface area contributed by atoms with E-state index in [9.17, 15) is 4.79 Å². The van der Waals surface area contributed by atoms with Gasteiger partial charge in [-0.1, -0.05) is 30.3 Å². The molecule has 1 aliphatic heterocycles. The molecule has 0 N–H and O–H groups in total. The van der Waals surface area contributed by atoms with Crippen molar-refractivity contribution in [3.63, 3.8) is 0 Å². The lowest BCUT2D eigenvalue weighted by molar-refractivity contribution is -0.129. The van der Waals surface area contributed by atoms with Gasteiger partial charge < -0.3 is 9.53 Å². The number of carbonyl (C=O) groups is 1. The zero-order chi connectivity index (χ0) is 10.6. The van der Waals surface area contributed by atoms with Crippen molar-refractivity contribution in [2.45, 2.75) is 18.6 Å². The predicted octanol–water partition coefficient (Wildman–Crippen LogP) is 2.28. The molecule has 3 heteroatoms. The van der Waals surface area contributed by atoms with Gasteiger partial charge in [0.15, 0.2) is 6.29 Å². The molecule has 1 saturated heterocycles. The maximum atomic E-state index is 11.0. The van der Waals surface area contributed by atoms with Crippen LogP contribution in [0.25, 0.3) is 0 Å². The molecule has 1 unspecified atom stereocenters. The Bertz CT molecular complexity index is 318. The van der Waals surface area contributed by atoms with Gasteiger partial charge in [-0.2, -0.15) is 11.8 Å². The Balaban J connectivity index is 1.94. The van der Waals surface area contributed by atoms with Gasteiger partial charge in [-0.05, 0) is 17.7 Å². The van der Waals surface area contributed by atoms with E-state index in [2.05, 4.69) is 0 Å². The minimum Gasteiger partial charge on any atom is -0.362 e. The van der Waals surface area contributed by atoms with Crippen molar-refractivity contribution in [2.75, 3.05) is 11.5 Å². The largest absolute Gasteiger partial charge is 0.362 e. The summed E-state index contributed by atoms with van der Waals surface area (Å²) in [5.74, 6) is 1.82. The lowest BCUT2D eigenvalue weighted by atomic mass is 10.1. The van der Waals surface area contributed by atoms with Crippen molar-refractivity contribution in [1.29, 1.82) is 0 Å². The average molecular weight is 222 g/mol. The van der Waals surface area contributed by atoms with E-state index in [-0.39, 0.29) is 0 Å². The average Bonchev–Trinajstić information content (AvgIpc) is 2.77. The van der Waals surface area contributed by atoms with Gasteiger partial charge in [0.1, 0.15) is 5.60 Å². The van der Waals surface area contributed by atoms with Crippen LogP contribution in [0.15, 0.2) is 30.3 Å². The smallest absolute Gasteiger partial charge is 0.152 e. The molecular weight excluding hydrogens is 208 g/mol. The summed E-state index contributed by atoms with van der Waals surface area (Å²) in [4.78, 5) is 11.0. The van der Waals surface area contributed by atoms with Gasteiger partial charge in [0.05, 0.1) is 6.61 Å². The van der Waals surface area contributed by atoms with Crippen LogP contribution in [0, 0.1) is 0 Å². The Hall–Kier alpha value is -0.800. The molecule has 80 valence electrons. The molecule has 1 atom stereocenters. The van der Waals surface area contributed by atoms with Crippen LogP contribution in [0.1, 0.15) is 12.0 Å². The Kier molecular flexibility index (Phi) is 3.44. The highest BCUT2D eigenvalue weighted by Gasteiger charge is 2.35. The van der Waals surface area contributed by atoms with Gasteiger partial charge in [0.2, 0.25) is 0 Å². The molecule has 0 aromatic heterocycles. The maximum Gasteiger partial charge on any atom is 0.152 e. The van der Waals surface area contributed by atoms with Gasteiger partial charge >= 0.3 is 0 Å². The summed E-state index contributed by atoms with van der Waals surface area (Å²) in [7, 11) is 0. The van der Waals surface area contributed by atoms with Gasteiger partial charge in [0, 0.05) is 5.75 Å². The van der Waals surface area contributed by atoms with Crippen molar-refractivity contribution in [3.8, 4) is 0 Å². The first kappa shape index (κ1) is 10.7. The van der Waals surface area contributed by atoms with Crippen LogP contribution in [-0.4, -0.2) is 23.4 Å². The topological polar surface area (TPSA) is 26.3 Å². The van der Waals surface area contributed by atoms with Crippen molar-refractivity contribution < 1.29 is 9.53 Å². The molecule has 1 aliphatic rings. The lowest BCUT2D eigenvalue weighted by Gasteiger charge is -2.21. The summed E-state index contributed by atoms with van der Waals surface area (Å²) in [6.07, 6.45) is 1.81. The van der Waals surface area contributed by atoms with Crippen LogP contribution >= 0.6 is 11.8 Å². The molecule has 0 bridgehead atoms. The first-order valence-corrected chi connectivity index (χ1v) is 6.22. The van der Waals surface area contributed by atoms with E-state index >= 15 is 0 Å². The summed E-state index contributed by atoms with van der Waals surface area (Å²) in [5.41, 5.74) is 0.594. The molecule has 0 radical (unpaired) electrons. The lowest BCUT2D eigenvalue weighted by Crippen LogP contribution is -2.34. The monoisotopic (exact) mass is 222 g/mol. The van der Waals surface area contributed by atoms with E-state index < -0.39 is 5.60 Å². The minimum absolute atomic E-state index is 0.527. The molecule has 2 nitrogen and oxygen atoms in total. The molecule has 1 aromatic carbocycles.